The summed E-state index contributed by atoms with van der Waals surface area (Å²) in [6.45, 7) is 5.38. The highest BCUT2D eigenvalue weighted by Crippen LogP contribution is 2.32. The number of aryl methyl sites for hydroxylation is 2. The minimum Gasteiger partial charge on any atom is -0.345 e. The third-order valence-electron chi connectivity index (χ3n) is 3.82. The van der Waals surface area contributed by atoms with E-state index in [0.717, 1.165) is 23.0 Å². The summed E-state index contributed by atoms with van der Waals surface area (Å²) >= 11 is 0. The molecule has 1 aromatic carbocycles. The van der Waals surface area contributed by atoms with Crippen molar-refractivity contribution in [3.05, 3.63) is 52.3 Å². The van der Waals surface area contributed by atoms with Crippen molar-refractivity contribution in [1.29, 1.82) is 0 Å². The molecule has 0 unspecified atom stereocenters. The van der Waals surface area contributed by atoms with Crippen molar-refractivity contribution >= 4 is 5.91 Å². The van der Waals surface area contributed by atoms with Gasteiger partial charge in [0.15, 0.2) is 0 Å². The molecular weight excluding hydrogens is 307 g/mol. The third kappa shape index (κ3) is 3.38. The van der Waals surface area contributed by atoms with Crippen LogP contribution in [0.25, 0.3) is 0 Å². The maximum absolute atomic E-state index is 13.0. The number of nitrogens with zero attached hydrogens (tertiary/aromatic N) is 2. The number of alkyl halides is 3. The number of nitrogens with one attached hydrogen (secondary N) is 1. The monoisotopic (exact) mass is 325 g/mol. The molecule has 0 radical (unpaired) electrons. The first kappa shape index (κ1) is 17.1. The smallest absolute Gasteiger partial charge is 0.345 e. The minimum absolute atomic E-state index is 0.383. The molecule has 124 valence electrons. The fourth-order valence-corrected chi connectivity index (χ4v) is 2.69. The van der Waals surface area contributed by atoms with Crippen LogP contribution in [0.4, 0.5) is 13.2 Å². The average Bonchev–Trinajstić information content (AvgIpc) is 2.71. The first-order chi connectivity index (χ1) is 10.6. The molecule has 4 nitrogen and oxygen atoms in total. The normalized spacial score (nSPS) is 13.0. The largest absolute Gasteiger partial charge is 0.417 e. The molecule has 2 rings (SSSR count). The lowest BCUT2D eigenvalue weighted by Gasteiger charge is -2.17. The SMILES string of the molecule is Cc1nn(C)c(C)c1[C@H](C)NC(=O)c1ccccc1C(F)(F)F. The molecule has 1 aromatic heterocycles. The first-order valence-electron chi connectivity index (χ1n) is 7.10. The summed E-state index contributed by atoms with van der Waals surface area (Å²) in [4.78, 5) is 12.3. The van der Waals surface area contributed by atoms with E-state index in [0.29, 0.717) is 0 Å². The maximum atomic E-state index is 13.0. The quantitative estimate of drug-likeness (QED) is 0.938. The molecule has 0 aliphatic rings. The molecule has 0 saturated heterocycles. The highest BCUT2D eigenvalue weighted by molar-refractivity contribution is 5.96. The van der Waals surface area contributed by atoms with E-state index >= 15 is 0 Å². The van der Waals surface area contributed by atoms with Crippen molar-refractivity contribution in [2.24, 2.45) is 7.05 Å². The molecule has 0 aliphatic heterocycles. The fourth-order valence-electron chi connectivity index (χ4n) is 2.69. The van der Waals surface area contributed by atoms with Gasteiger partial charge in [-0.3, -0.25) is 9.48 Å². The van der Waals surface area contributed by atoms with E-state index in [4.69, 9.17) is 0 Å². The van der Waals surface area contributed by atoms with Crippen molar-refractivity contribution in [3.63, 3.8) is 0 Å². The minimum atomic E-state index is -4.57. The van der Waals surface area contributed by atoms with Gasteiger partial charge in [-0.1, -0.05) is 12.1 Å². The number of amides is 1. The Morgan fingerprint density at radius 2 is 1.87 bits per heavy atom. The molecule has 1 N–H and O–H groups in total. The zero-order chi connectivity index (χ0) is 17.4. The van der Waals surface area contributed by atoms with Crippen LogP contribution in [0.5, 0.6) is 0 Å². The lowest BCUT2D eigenvalue weighted by atomic mass is 10.0. The summed E-state index contributed by atoms with van der Waals surface area (Å²) in [5, 5.41) is 6.88. The summed E-state index contributed by atoms with van der Waals surface area (Å²) in [6, 6.07) is 4.31. The van der Waals surface area contributed by atoms with E-state index in [1.54, 1.807) is 25.6 Å². The Hall–Kier alpha value is -2.31. The van der Waals surface area contributed by atoms with Crippen LogP contribution in [0.15, 0.2) is 24.3 Å². The fraction of sp³-hybridized carbons (Fsp3) is 0.375. The van der Waals surface area contributed by atoms with E-state index in [1.807, 2.05) is 6.92 Å². The van der Waals surface area contributed by atoms with Gasteiger partial charge in [0, 0.05) is 18.3 Å². The van der Waals surface area contributed by atoms with Gasteiger partial charge in [-0.05, 0) is 32.9 Å². The van der Waals surface area contributed by atoms with Gasteiger partial charge in [-0.15, -0.1) is 0 Å². The summed E-state index contributed by atoms with van der Waals surface area (Å²) in [5.41, 5.74) is 1.09. The Kier molecular flexibility index (Phi) is 4.49. The molecule has 2 aromatic rings. The van der Waals surface area contributed by atoms with Crippen molar-refractivity contribution in [3.8, 4) is 0 Å². The van der Waals surface area contributed by atoms with Crippen LogP contribution in [0.3, 0.4) is 0 Å². The summed E-state index contributed by atoms with van der Waals surface area (Å²) < 4.78 is 40.7. The van der Waals surface area contributed by atoms with Crippen LogP contribution in [0.1, 0.15) is 45.8 Å². The number of hydrogen-bond donors (Lipinski definition) is 1. The van der Waals surface area contributed by atoms with E-state index in [9.17, 15) is 18.0 Å². The number of carbonyl (C=O) groups is 1. The summed E-state index contributed by atoms with van der Waals surface area (Å²) in [6.07, 6.45) is -4.57. The van der Waals surface area contributed by atoms with Gasteiger partial charge in [0.05, 0.1) is 22.9 Å². The Bertz CT molecular complexity index is 735. The van der Waals surface area contributed by atoms with Gasteiger partial charge in [0.25, 0.3) is 5.91 Å². The molecular formula is C16H18F3N3O. The predicted octanol–water partition coefficient (Wildman–Crippen LogP) is 3.55. The number of halogens is 3. The number of carbonyl (C=O) groups excluding carboxylic acids is 1. The van der Waals surface area contributed by atoms with Crippen LogP contribution in [-0.4, -0.2) is 15.7 Å². The van der Waals surface area contributed by atoms with Crippen molar-refractivity contribution in [2.75, 3.05) is 0 Å². The van der Waals surface area contributed by atoms with Gasteiger partial charge in [0.2, 0.25) is 0 Å². The predicted molar refractivity (Wildman–Crippen MR) is 80.0 cm³/mol. The molecule has 0 aliphatic carbocycles. The third-order valence-corrected chi connectivity index (χ3v) is 3.82. The maximum Gasteiger partial charge on any atom is 0.417 e. The van der Waals surface area contributed by atoms with Gasteiger partial charge in [-0.2, -0.15) is 18.3 Å². The zero-order valence-corrected chi connectivity index (χ0v) is 13.3. The van der Waals surface area contributed by atoms with Gasteiger partial charge >= 0.3 is 6.18 Å². The highest BCUT2D eigenvalue weighted by Gasteiger charge is 2.35. The molecule has 7 heteroatoms. The van der Waals surface area contributed by atoms with Crippen LogP contribution in [-0.2, 0) is 13.2 Å². The first-order valence-corrected chi connectivity index (χ1v) is 7.10. The van der Waals surface area contributed by atoms with Crippen LogP contribution >= 0.6 is 0 Å². The average molecular weight is 325 g/mol. The van der Waals surface area contributed by atoms with Crippen molar-refractivity contribution in [1.82, 2.24) is 15.1 Å². The summed E-state index contributed by atoms with van der Waals surface area (Å²) in [7, 11) is 1.78. The molecule has 0 bridgehead atoms. The number of hydrogen-bond acceptors (Lipinski definition) is 2. The van der Waals surface area contributed by atoms with Crippen LogP contribution in [0, 0.1) is 13.8 Å². The van der Waals surface area contributed by atoms with Gasteiger partial charge in [-0.25, -0.2) is 0 Å². The van der Waals surface area contributed by atoms with E-state index in [2.05, 4.69) is 10.4 Å². The number of benzene rings is 1. The molecule has 0 spiro atoms. The Labute approximate surface area is 132 Å². The lowest BCUT2D eigenvalue weighted by molar-refractivity contribution is -0.137. The van der Waals surface area contributed by atoms with E-state index < -0.39 is 23.7 Å². The highest BCUT2D eigenvalue weighted by atomic mass is 19.4. The molecule has 1 amide bonds. The molecule has 1 heterocycles. The van der Waals surface area contributed by atoms with Gasteiger partial charge in [0.1, 0.15) is 0 Å². The standard InChI is InChI=1S/C16H18F3N3O/c1-9(14-10(2)21-22(4)11(14)3)20-15(23)12-7-5-6-8-13(12)16(17,18)19/h5-9H,1-4H3,(H,20,23)/t9-/m0/s1. The van der Waals surface area contributed by atoms with Crippen molar-refractivity contribution < 1.29 is 18.0 Å². The van der Waals surface area contributed by atoms with Crippen LogP contribution < -0.4 is 5.32 Å². The second kappa shape index (κ2) is 6.06. The molecule has 0 fully saturated rings. The number of aromatic nitrogens is 2. The molecule has 23 heavy (non-hydrogen) atoms. The Morgan fingerprint density at radius 1 is 1.26 bits per heavy atom. The topological polar surface area (TPSA) is 46.9 Å². The summed E-state index contributed by atoms with van der Waals surface area (Å²) in [5.74, 6) is -0.756. The second-order valence-electron chi connectivity index (χ2n) is 5.45. The van der Waals surface area contributed by atoms with E-state index in [1.165, 1.54) is 18.2 Å². The zero-order valence-electron chi connectivity index (χ0n) is 13.3. The van der Waals surface area contributed by atoms with Crippen molar-refractivity contribution in [2.45, 2.75) is 33.0 Å². The van der Waals surface area contributed by atoms with Gasteiger partial charge < -0.3 is 5.32 Å². The second-order valence-corrected chi connectivity index (χ2v) is 5.45. The van der Waals surface area contributed by atoms with Crippen LogP contribution in [0.2, 0.25) is 0 Å². The lowest BCUT2D eigenvalue weighted by Crippen LogP contribution is -2.29. The van der Waals surface area contributed by atoms with E-state index in [-0.39, 0.29) is 5.56 Å². The molecule has 1 atom stereocenters. The Balaban J connectivity index is 2.30. The Morgan fingerprint density at radius 3 is 2.39 bits per heavy atom. The molecule has 0 saturated carbocycles. The number of rotatable bonds is 3.